The minimum Gasteiger partial charge on any atom is -0.379 e. The lowest BCUT2D eigenvalue weighted by molar-refractivity contribution is 0.0685. The van der Waals surface area contributed by atoms with E-state index in [2.05, 4.69) is 0 Å². The number of carbonyl (C=O) groups excluding carboxylic acids is 1. The summed E-state index contributed by atoms with van der Waals surface area (Å²) in [6.07, 6.45) is 3.32. The van der Waals surface area contributed by atoms with Crippen LogP contribution in [0, 0.1) is 0 Å². The molecule has 3 rings (SSSR count). The number of rotatable bonds is 2. The fraction of sp³-hybridized carbons (Fsp3) is 0.929. The lowest BCUT2D eigenvalue weighted by Crippen LogP contribution is -2.57. The average molecular weight is 346 g/mol. The monoisotopic (exact) mass is 346 g/mol. The van der Waals surface area contributed by atoms with Gasteiger partial charge in [0, 0.05) is 52.4 Å². The molecule has 0 aromatic rings. The second-order valence-corrected chi connectivity index (χ2v) is 8.16. The molecule has 3 aliphatic heterocycles. The summed E-state index contributed by atoms with van der Waals surface area (Å²) in [5.41, 5.74) is 0. The summed E-state index contributed by atoms with van der Waals surface area (Å²) in [5.74, 6) is 0. The highest BCUT2D eigenvalue weighted by atomic mass is 32.2. The van der Waals surface area contributed by atoms with Gasteiger partial charge in [-0.15, -0.1) is 0 Å². The molecule has 3 saturated heterocycles. The van der Waals surface area contributed by atoms with E-state index < -0.39 is 10.2 Å². The van der Waals surface area contributed by atoms with Gasteiger partial charge in [0.2, 0.25) is 0 Å². The van der Waals surface area contributed by atoms with Crippen molar-refractivity contribution < 1.29 is 17.9 Å². The zero-order valence-corrected chi connectivity index (χ0v) is 14.3. The first-order chi connectivity index (χ1) is 11.1. The molecular weight excluding hydrogens is 320 g/mol. The van der Waals surface area contributed by atoms with Crippen LogP contribution in [0.1, 0.15) is 19.3 Å². The van der Waals surface area contributed by atoms with Gasteiger partial charge in [-0.1, -0.05) is 0 Å². The molecule has 2 amide bonds. The van der Waals surface area contributed by atoms with Crippen LogP contribution < -0.4 is 0 Å². The van der Waals surface area contributed by atoms with Crippen molar-refractivity contribution in [3.63, 3.8) is 0 Å². The topological polar surface area (TPSA) is 73.4 Å². The molecule has 0 saturated carbocycles. The van der Waals surface area contributed by atoms with Gasteiger partial charge in [-0.25, -0.2) is 4.79 Å². The molecule has 9 heteroatoms. The molecule has 0 bridgehead atoms. The molecule has 23 heavy (non-hydrogen) atoms. The Labute approximate surface area is 138 Å². The number of urea groups is 1. The fourth-order valence-corrected chi connectivity index (χ4v) is 4.90. The first kappa shape index (κ1) is 16.9. The number of hydrogen-bond acceptors (Lipinski definition) is 4. The SMILES string of the molecule is O=C(N1CCCCC1)N1CCN(S(=O)(=O)N2CCOCC2)CC1. The van der Waals surface area contributed by atoms with Gasteiger partial charge in [0.05, 0.1) is 13.2 Å². The zero-order valence-electron chi connectivity index (χ0n) is 13.5. The summed E-state index contributed by atoms with van der Waals surface area (Å²) in [5, 5.41) is 0. The maximum Gasteiger partial charge on any atom is 0.320 e. The second-order valence-electron chi connectivity index (χ2n) is 6.24. The zero-order chi connectivity index (χ0) is 16.3. The lowest BCUT2D eigenvalue weighted by atomic mass is 10.1. The third kappa shape index (κ3) is 3.78. The van der Waals surface area contributed by atoms with E-state index in [0.29, 0.717) is 52.5 Å². The Balaban J connectivity index is 1.54. The van der Waals surface area contributed by atoms with Crippen LogP contribution in [0.3, 0.4) is 0 Å². The molecule has 0 aliphatic carbocycles. The van der Waals surface area contributed by atoms with Crippen LogP contribution in [0.2, 0.25) is 0 Å². The summed E-state index contributed by atoms with van der Waals surface area (Å²) >= 11 is 0. The highest BCUT2D eigenvalue weighted by Gasteiger charge is 2.35. The van der Waals surface area contributed by atoms with E-state index in [0.717, 1.165) is 25.9 Å². The normalized spacial score (nSPS) is 25.6. The Morgan fingerprint density at radius 1 is 0.696 bits per heavy atom. The fourth-order valence-electron chi connectivity index (χ4n) is 3.34. The molecule has 3 fully saturated rings. The predicted octanol–water partition coefficient (Wildman–Crippen LogP) is -0.213. The number of ether oxygens (including phenoxy) is 1. The third-order valence-corrected chi connectivity index (χ3v) is 6.79. The Morgan fingerprint density at radius 3 is 1.83 bits per heavy atom. The molecule has 0 N–H and O–H groups in total. The molecule has 3 aliphatic rings. The average Bonchev–Trinajstić information content (AvgIpc) is 2.63. The lowest BCUT2D eigenvalue weighted by Gasteiger charge is -2.39. The second kappa shape index (κ2) is 7.33. The number of piperidine rings is 1. The molecule has 0 spiro atoms. The van der Waals surface area contributed by atoms with Crippen LogP contribution in [0.5, 0.6) is 0 Å². The van der Waals surface area contributed by atoms with Crippen molar-refractivity contribution in [2.45, 2.75) is 19.3 Å². The minimum absolute atomic E-state index is 0.0631. The van der Waals surface area contributed by atoms with Crippen LogP contribution >= 0.6 is 0 Å². The number of piperazine rings is 1. The van der Waals surface area contributed by atoms with Crippen molar-refractivity contribution in [3.8, 4) is 0 Å². The van der Waals surface area contributed by atoms with Crippen molar-refractivity contribution in [3.05, 3.63) is 0 Å². The predicted molar refractivity (Wildman–Crippen MR) is 85.3 cm³/mol. The van der Waals surface area contributed by atoms with E-state index in [-0.39, 0.29) is 6.03 Å². The summed E-state index contributed by atoms with van der Waals surface area (Å²) in [6, 6.07) is 0.0631. The number of hydrogen-bond donors (Lipinski definition) is 0. The Kier molecular flexibility index (Phi) is 5.40. The van der Waals surface area contributed by atoms with Gasteiger partial charge in [-0.2, -0.15) is 17.0 Å². The van der Waals surface area contributed by atoms with Crippen LogP contribution in [0.25, 0.3) is 0 Å². The van der Waals surface area contributed by atoms with Gasteiger partial charge in [0.25, 0.3) is 10.2 Å². The standard InChI is InChI=1S/C14H26N4O4S/c19-14(15-4-2-1-3-5-15)16-6-8-17(9-7-16)23(20,21)18-10-12-22-13-11-18/h1-13H2. The highest BCUT2D eigenvalue weighted by Crippen LogP contribution is 2.16. The van der Waals surface area contributed by atoms with Gasteiger partial charge in [0.15, 0.2) is 0 Å². The van der Waals surface area contributed by atoms with E-state index in [4.69, 9.17) is 4.74 Å². The summed E-state index contributed by atoms with van der Waals surface area (Å²) in [6.45, 7) is 5.07. The maximum absolute atomic E-state index is 12.6. The van der Waals surface area contributed by atoms with Crippen molar-refractivity contribution in [2.24, 2.45) is 0 Å². The van der Waals surface area contributed by atoms with Gasteiger partial charge in [-0.3, -0.25) is 0 Å². The Morgan fingerprint density at radius 2 is 1.22 bits per heavy atom. The van der Waals surface area contributed by atoms with Crippen molar-refractivity contribution in [1.29, 1.82) is 0 Å². The molecule has 0 atom stereocenters. The molecule has 0 radical (unpaired) electrons. The number of morpholine rings is 1. The smallest absolute Gasteiger partial charge is 0.320 e. The van der Waals surface area contributed by atoms with Crippen LogP contribution in [-0.4, -0.2) is 98.4 Å². The first-order valence-corrected chi connectivity index (χ1v) is 9.85. The van der Waals surface area contributed by atoms with Gasteiger partial charge >= 0.3 is 6.03 Å². The van der Waals surface area contributed by atoms with Gasteiger partial charge < -0.3 is 14.5 Å². The molecule has 0 aromatic carbocycles. The van der Waals surface area contributed by atoms with Crippen molar-refractivity contribution in [2.75, 3.05) is 65.6 Å². The van der Waals surface area contributed by atoms with E-state index in [1.165, 1.54) is 15.0 Å². The van der Waals surface area contributed by atoms with E-state index in [1.807, 2.05) is 4.90 Å². The summed E-state index contributed by atoms with van der Waals surface area (Å²) in [7, 11) is -3.42. The number of likely N-dealkylation sites (tertiary alicyclic amines) is 1. The quantitative estimate of drug-likeness (QED) is 0.693. The minimum atomic E-state index is -3.42. The number of carbonyl (C=O) groups is 1. The molecular formula is C14H26N4O4S. The third-order valence-electron chi connectivity index (χ3n) is 4.76. The van der Waals surface area contributed by atoms with Crippen LogP contribution in [-0.2, 0) is 14.9 Å². The largest absolute Gasteiger partial charge is 0.379 e. The number of nitrogens with zero attached hydrogens (tertiary/aromatic N) is 4. The van der Waals surface area contributed by atoms with Crippen LogP contribution in [0.15, 0.2) is 0 Å². The molecule has 8 nitrogen and oxygen atoms in total. The Hall–Kier alpha value is -0.900. The molecule has 132 valence electrons. The van der Waals surface area contributed by atoms with Gasteiger partial charge in [0.1, 0.15) is 0 Å². The molecule has 0 aromatic heterocycles. The molecule has 0 unspecified atom stereocenters. The Bertz CT molecular complexity index is 507. The summed E-state index contributed by atoms with van der Waals surface area (Å²) in [4.78, 5) is 16.2. The first-order valence-electron chi connectivity index (χ1n) is 8.46. The highest BCUT2D eigenvalue weighted by molar-refractivity contribution is 7.86. The number of amides is 2. The van der Waals surface area contributed by atoms with E-state index >= 15 is 0 Å². The van der Waals surface area contributed by atoms with E-state index in [1.54, 1.807) is 4.90 Å². The summed E-state index contributed by atoms with van der Waals surface area (Å²) < 4.78 is 33.4. The van der Waals surface area contributed by atoms with E-state index in [9.17, 15) is 13.2 Å². The van der Waals surface area contributed by atoms with Crippen molar-refractivity contribution in [1.82, 2.24) is 18.4 Å². The molecule has 3 heterocycles. The van der Waals surface area contributed by atoms with Gasteiger partial charge in [-0.05, 0) is 19.3 Å². The van der Waals surface area contributed by atoms with Crippen LogP contribution in [0.4, 0.5) is 4.79 Å². The van der Waals surface area contributed by atoms with Crippen molar-refractivity contribution >= 4 is 16.2 Å². The maximum atomic E-state index is 12.6.